The van der Waals surface area contributed by atoms with E-state index in [-0.39, 0.29) is 84.0 Å². The number of aliphatic carboxylic acids is 1. The maximum absolute atomic E-state index is 14.9. The molecule has 0 radical (unpaired) electrons. The lowest BCUT2D eigenvalue weighted by atomic mass is 9.43. The molecule has 8 N–H and O–H groups in total. The second-order valence-electron chi connectivity index (χ2n) is 25.1. The summed E-state index contributed by atoms with van der Waals surface area (Å²) in [5, 5.41) is 58.7. The van der Waals surface area contributed by atoms with Gasteiger partial charge in [0.25, 0.3) is 0 Å². The van der Waals surface area contributed by atoms with E-state index in [2.05, 4.69) is 47.0 Å². The molecule has 10 rings (SSSR count). The Labute approximate surface area is 487 Å². The second-order valence-corrected chi connectivity index (χ2v) is 25.1. The molecule has 12 unspecified atom stereocenters. The van der Waals surface area contributed by atoms with Crippen LogP contribution in [0.5, 0.6) is 0 Å². The number of likely N-dealkylation sites (tertiary alicyclic amines) is 1. The lowest BCUT2D eigenvalue weighted by Gasteiger charge is -2.63. The summed E-state index contributed by atoms with van der Waals surface area (Å²) in [6.45, 7) is 6.93. The zero-order valence-electron chi connectivity index (χ0n) is 48.1. The molecular weight excluding hydrogens is 1050 g/mol. The first-order valence-corrected chi connectivity index (χ1v) is 30.3. The number of aliphatic hydroxyl groups excluding tert-OH is 3. The van der Waals surface area contributed by atoms with Gasteiger partial charge in [-0.1, -0.05) is 112 Å². The van der Waals surface area contributed by atoms with Crippen molar-refractivity contribution in [3.05, 3.63) is 156 Å². The minimum Gasteiger partial charge on any atom is -0.481 e. The van der Waals surface area contributed by atoms with Gasteiger partial charge in [-0.2, -0.15) is 0 Å². The number of aromatic nitrogens is 2. The molecule has 16 nitrogen and oxygen atoms in total. The van der Waals surface area contributed by atoms with Crippen LogP contribution in [0.25, 0.3) is 0 Å². The third-order valence-corrected chi connectivity index (χ3v) is 20.5. The van der Waals surface area contributed by atoms with Crippen LogP contribution in [0.1, 0.15) is 145 Å². The molecular formula is C67H83N7O9. The fourth-order valence-electron chi connectivity index (χ4n) is 16.2. The number of hydrogen-bond donors (Lipinski definition) is 8. The SMILES string of the molecule is CC(CCC(=O)O)C1CCC2C3C(C[C@H](O)[C@]12C)[C@@]1(C)CCC(NC(=O)CCC(=O)NC(Cc2ccccc2)C(=O)N2CCCC2C(=O)Nc2ccccc2C(Nc2ccccn2)C(c2ccccn2)C(O)c2ccccc2)CC1C[C@H]3O. The first kappa shape index (κ1) is 59.2. The normalized spacial score (nSPS) is 29.1. The average molecular weight is 1130 g/mol. The number of pyridine rings is 2. The summed E-state index contributed by atoms with van der Waals surface area (Å²) in [4.78, 5) is 79.6. The van der Waals surface area contributed by atoms with Crippen molar-refractivity contribution >= 4 is 41.1 Å². The lowest BCUT2D eigenvalue weighted by Crippen LogP contribution is -2.63. The number of anilines is 2. The van der Waals surface area contributed by atoms with E-state index in [4.69, 9.17) is 4.98 Å². The van der Waals surface area contributed by atoms with E-state index in [0.717, 1.165) is 31.2 Å². The Morgan fingerprint density at radius 3 is 2.17 bits per heavy atom. The Morgan fingerprint density at radius 1 is 0.747 bits per heavy atom. The van der Waals surface area contributed by atoms with E-state index >= 15 is 0 Å². The van der Waals surface area contributed by atoms with Crippen LogP contribution in [0, 0.1) is 46.3 Å². The highest BCUT2D eigenvalue weighted by Gasteiger charge is 2.66. The molecule has 16 atom stereocenters. The molecule has 2 aromatic heterocycles. The first-order valence-electron chi connectivity index (χ1n) is 30.3. The van der Waals surface area contributed by atoms with Crippen molar-refractivity contribution in [2.24, 2.45) is 46.3 Å². The topological polar surface area (TPSA) is 243 Å². The number of benzene rings is 3. The van der Waals surface area contributed by atoms with Gasteiger partial charge in [-0.3, -0.25) is 29.0 Å². The van der Waals surface area contributed by atoms with Crippen LogP contribution < -0.4 is 21.3 Å². The molecule has 83 heavy (non-hydrogen) atoms. The highest BCUT2D eigenvalue weighted by atomic mass is 16.4. The number of carboxylic acid groups (broad SMARTS) is 1. The van der Waals surface area contributed by atoms with E-state index in [1.54, 1.807) is 23.4 Å². The first-order chi connectivity index (χ1) is 40.0. The number of rotatable bonds is 21. The minimum atomic E-state index is -1.04. The molecule has 4 amide bonds. The smallest absolute Gasteiger partial charge is 0.303 e. The van der Waals surface area contributed by atoms with E-state index in [1.807, 2.05) is 115 Å². The van der Waals surface area contributed by atoms with Gasteiger partial charge in [0.2, 0.25) is 23.6 Å². The van der Waals surface area contributed by atoms with Crippen molar-refractivity contribution in [1.82, 2.24) is 25.5 Å². The summed E-state index contributed by atoms with van der Waals surface area (Å²) in [6, 6.07) is 34.5. The van der Waals surface area contributed by atoms with Gasteiger partial charge >= 0.3 is 5.97 Å². The summed E-state index contributed by atoms with van der Waals surface area (Å²) in [5.41, 5.74) is 2.74. The highest BCUT2D eigenvalue weighted by Crippen LogP contribution is 2.68. The maximum atomic E-state index is 14.9. The van der Waals surface area contributed by atoms with Gasteiger partial charge in [0.1, 0.15) is 17.9 Å². The van der Waals surface area contributed by atoms with Crippen molar-refractivity contribution < 1.29 is 44.4 Å². The Hall–Kier alpha value is -7.01. The molecule has 4 saturated carbocycles. The Morgan fingerprint density at radius 2 is 1.45 bits per heavy atom. The van der Waals surface area contributed by atoms with E-state index in [0.29, 0.717) is 73.4 Å². The Kier molecular flexibility index (Phi) is 18.4. The highest BCUT2D eigenvalue weighted by molar-refractivity contribution is 5.99. The zero-order chi connectivity index (χ0) is 58.4. The van der Waals surface area contributed by atoms with Crippen LogP contribution in [-0.4, -0.2) is 102 Å². The van der Waals surface area contributed by atoms with Crippen molar-refractivity contribution in [3.8, 4) is 0 Å². The predicted molar refractivity (Wildman–Crippen MR) is 316 cm³/mol. The van der Waals surface area contributed by atoms with Crippen molar-refractivity contribution in [2.45, 2.75) is 159 Å². The number of nitrogens with one attached hydrogen (secondary N) is 4. The number of hydrogen-bond acceptors (Lipinski definition) is 11. The molecule has 0 spiro atoms. The van der Waals surface area contributed by atoms with Crippen LogP contribution in [0.3, 0.4) is 0 Å². The molecule has 440 valence electrons. The molecule has 5 aliphatic rings. The van der Waals surface area contributed by atoms with Crippen LogP contribution in [-0.2, 0) is 30.4 Å². The van der Waals surface area contributed by atoms with Gasteiger partial charge in [-0.15, -0.1) is 0 Å². The average Bonchev–Trinajstić information content (AvgIpc) is 2.13. The summed E-state index contributed by atoms with van der Waals surface area (Å²) < 4.78 is 0. The largest absolute Gasteiger partial charge is 0.481 e. The van der Waals surface area contributed by atoms with Gasteiger partial charge in [-0.05, 0) is 158 Å². The number of amides is 4. The fraction of sp³-hybridized carbons (Fsp3) is 0.507. The monoisotopic (exact) mass is 1130 g/mol. The standard InChI is InChI=1S/C67H83N7O9/c1-41(26-31-59(79)80)47-27-28-48-60-49(40-55(76)67(47,48)3)66(2)33-32-45(38-44(66)39-54(60)75)70-57(77)29-30-58(78)71-52(37-42-17-6-4-7-18-42)65(83)74-36-16-24-53(74)64(82)72-50-22-11-10-21-46(50)62(73-56-25-13-15-35-69-56)61(51-23-12-14-34-68-51)63(81)43-19-8-5-9-20-43/h4-15,17-23,25,34-35,41,44-45,47-49,52-55,60-63,75-76,81H,16,24,26-33,36-40H2,1-3H3,(H,69,73)(H,70,77)(H,71,78)(H,72,82)(H,79,80)/t41?,44?,45?,47?,48?,49?,52?,53?,54-,55+,60?,61?,62?,63?,66+,67-/m1/s1. The van der Waals surface area contributed by atoms with Gasteiger partial charge in [0.05, 0.1) is 30.3 Å². The number of carbonyl (C=O) groups is 5. The third-order valence-electron chi connectivity index (χ3n) is 20.5. The summed E-state index contributed by atoms with van der Waals surface area (Å²) in [7, 11) is 0. The third kappa shape index (κ3) is 12.8. The second kappa shape index (κ2) is 25.9. The summed E-state index contributed by atoms with van der Waals surface area (Å²) in [6.07, 6.45) is 8.15. The number of fused-ring (bicyclic) bond motifs is 5. The number of para-hydroxylation sites is 1. The van der Waals surface area contributed by atoms with E-state index in [9.17, 15) is 44.4 Å². The quantitative estimate of drug-likeness (QED) is 0.0343. The summed E-state index contributed by atoms with van der Waals surface area (Å²) >= 11 is 0. The molecule has 16 heteroatoms. The molecule has 5 fully saturated rings. The van der Waals surface area contributed by atoms with Crippen molar-refractivity contribution in [1.29, 1.82) is 0 Å². The van der Waals surface area contributed by atoms with E-state index < -0.39 is 66.0 Å². The van der Waals surface area contributed by atoms with Crippen LogP contribution in [0.4, 0.5) is 11.5 Å². The van der Waals surface area contributed by atoms with Gasteiger partial charge in [0, 0.05) is 62.0 Å². The number of carbonyl (C=O) groups excluding carboxylic acids is 4. The van der Waals surface area contributed by atoms with Gasteiger partial charge < -0.3 is 46.6 Å². The van der Waals surface area contributed by atoms with E-state index in [1.165, 1.54) is 0 Å². The van der Waals surface area contributed by atoms with Crippen LogP contribution >= 0.6 is 0 Å². The molecule has 5 aromatic rings. The Balaban J connectivity index is 0.790. The number of carboxylic acids is 1. The van der Waals surface area contributed by atoms with Gasteiger partial charge in [-0.25, -0.2) is 4.98 Å². The van der Waals surface area contributed by atoms with Gasteiger partial charge in [0.15, 0.2) is 0 Å². The number of nitrogens with zero attached hydrogens (tertiary/aromatic N) is 3. The summed E-state index contributed by atoms with van der Waals surface area (Å²) in [5.74, 6) is -1.63. The van der Waals surface area contributed by atoms with Crippen LogP contribution in [0.2, 0.25) is 0 Å². The van der Waals surface area contributed by atoms with Crippen molar-refractivity contribution in [3.63, 3.8) is 0 Å². The molecule has 3 heterocycles. The zero-order valence-corrected chi connectivity index (χ0v) is 48.1. The lowest BCUT2D eigenvalue weighted by molar-refractivity contribution is -0.202. The fourth-order valence-corrected chi connectivity index (χ4v) is 16.2. The predicted octanol–water partition coefficient (Wildman–Crippen LogP) is 9.17. The molecule has 1 saturated heterocycles. The Bertz CT molecular complexity index is 3030. The number of aliphatic hydroxyl groups is 3. The van der Waals surface area contributed by atoms with Crippen molar-refractivity contribution in [2.75, 3.05) is 17.2 Å². The minimum absolute atomic E-state index is 0.0537. The molecule has 4 aliphatic carbocycles. The van der Waals surface area contributed by atoms with Crippen LogP contribution in [0.15, 0.2) is 134 Å². The molecule has 3 aromatic carbocycles. The molecule has 1 aliphatic heterocycles. The maximum Gasteiger partial charge on any atom is 0.303 e. The molecule has 0 bridgehead atoms.